The van der Waals surface area contributed by atoms with Crippen LogP contribution in [0.4, 0.5) is 11.4 Å². The molecule has 1 aromatic heterocycles. The number of carbonyl (C=O) groups is 1. The number of quaternary nitrogens is 1. The standard InChI is InChI=1S/C22H25N5O/c1-2-25-14-16-26(17-15-25)21-7-4-3-6-20(21)24-22(28)18-8-10-19(11-9-18)27-13-5-12-23-27/h3-13H,2,14-17H2,1H3,(H,24,28)/p+1. The van der Waals surface area contributed by atoms with E-state index in [1.54, 1.807) is 15.8 Å². The molecule has 0 saturated carbocycles. The number of carbonyl (C=O) groups excluding carboxylic acids is 1. The summed E-state index contributed by atoms with van der Waals surface area (Å²) in [6, 6.07) is 17.4. The average molecular weight is 376 g/mol. The number of amides is 1. The summed E-state index contributed by atoms with van der Waals surface area (Å²) in [6.45, 7) is 7.68. The molecule has 144 valence electrons. The lowest BCUT2D eigenvalue weighted by Gasteiger charge is -2.34. The Bertz CT molecular complexity index is 912. The molecule has 0 radical (unpaired) electrons. The molecule has 6 nitrogen and oxygen atoms in total. The molecule has 6 heteroatoms. The van der Waals surface area contributed by atoms with Crippen LogP contribution in [-0.4, -0.2) is 48.4 Å². The number of hydrogen-bond acceptors (Lipinski definition) is 3. The fourth-order valence-corrected chi connectivity index (χ4v) is 3.65. The summed E-state index contributed by atoms with van der Waals surface area (Å²) < 4.78 is 1.77. The van der Waals surface area contributed by atoms with E-state index in [-0.39, 0.29) is 5.91 Å². The molecule has 28 heavy (non-hydrogen) atoms. The molecule has 1 aliphatic rings. The number of rotatable bonds is 5. The molecule has 2 N–H and O–H groups in total. The second kappa shape index (κ2) is 8.27. The van der Waals surface area contributed by atoms with Crippen LogP contribution in [0.1, 0.15) is 17.3 Å². The van der Waals surface area contributed by atoms with Gasteiger partial charge in [-0.15, -0.1) is 0 Å². The maximum absolute atomic E-state index is 12.8. The molecule has 2 heterocycles. The predicted octanol–water partition coefficient (Wildman–Crippen LogP) is 1.85. The van der Waals surface area contributed by atoms with Crippen molar-refractivity contribution in [3.8, 4) is 5.69 Å². The molecule has 1 saturated heterocycles. The van der Waals surface area contributed by atoms with Crippen molar-refractivity contribution in [3.63, 3.8) is 0 Å². The third kappa shape index (κ3) is 3.92. The van der Waals surface area contributed by atoms with E-state index in [0.717, 1.165) is 43.2 Å². The summed E-state index contributed by atoms with van der Waals surface area (Å²) in [5.74, 6) is -0.0997. The molecular formula is C22H26N5O+. The van der Waals surface area contributed by atoms with E-state index in [9.17, 15) is 4.79 Å². The highest BCUT2D eigenvalue weighted by Gasteiger charge is 2.21. The molecule has 1 fully saturated rings. The number of para-hydroxylation sites is 2. The summed E-state index contributed by atoms with van der Waals surface area (Å²) in [5.41, 5.74) is 3.52. The van der Waals surface area contributed by atoms with Crippen molar-refractivity contribution in [2.45, 2.75) is 6.92 Å². The fourth-order valence-electron chi connectivity index (χ4n) is 3.65. The second-order valence-electron chi connectivity index (χ2n) is 7.06. The van der Waals surface area contributed by atoms with Crippen LogP contribution < -0.4 is 15.1 Å². The first-order valence-electron chi connectivity index (χ1n) is 9.83. The fraction of sp³-hybridized carbons (Fsp3) is 0.273. The molecule has 4 rings (SSSR count). The Morgan fingerprint density at radius 1 is 1.07 bits per heavy atom. The zero-order chi connectivity index (χ0) is 19.3. The number of hydrogen-bond donors (Lipinski definition) is 2. The van der Waals surface area contributed by atoms with Gasteiger partial charge in [0.25, 0.3) is 5.91 Å². The van der Waals surface area contributed by atoms with Crippen LogP contribution in [-0.2, 0) is 0 Å². The van der Waals surface area contributed by atoms with Crippen molar-refractivity contribution in [1.82, 2.24) is 9.78 Å². The normalized spacial score (nSPS) is 14.8. The van der Waals surface area contributed by atoms with Gasteiger partial charge in [0.2, 0.25) is 0 Å². The SMILES string of the molecule is CC[NH+]1CCN(c2ccccc2NC(=O)c2ccc(-n3cccn3)cc2)CC1. The lowest BCUT2D eigenvalue weighted by Crippen LogP contribution is -3.14. The van der Waals surface area contributed by atoms with Crippen molar-refractivity contribution in [2.24, 2.45) is 0 Å². The van der Waals surface area contributed by atoms with Crippen LogP contribution in [0.15, 0.2) is 67.0 Å². The van der Waals surface area contributed by atoms with Gasteiger partial charge in [0, 0.05) is 18.0 Å². The van der Waals surface area contributed by atoms with Gasteiger partial charge in [-0.2, -0.15) is 5.10 Å². The number of anilines is 2. The van der Waals surface area contributed by atoms with Gasteiger partial charge < -0.3 is 15.1 Å². The van der Waals surface area contributed by atoms with E-state index in [2.05, 4.69) is 28.3 Å². The molecule has 3 aromatic rings. The minimum absolute atomic E-state index is 0.0997. The van der Waals surface area contributed by atoms with Crippen molar-refractivity contribution >= 4 is 17.3 Å². The molecule has 0 unspecified atom stereocenters. The molecular weight excluding hydrogens is 350 g/mol. The van der Waals surface area contributed by atoms with E-state index in [4.69, 9.17) is 0 Å². The molecule has 0 aliphatic carbocycles. The van der Waals surface area contributed by atoms with Crippen LogP contribution in [0.25, 0.3) is 5.69 Å². The smallest absolute Gasteiger partial charge is 0.255 e. The van der Waals surface area contributed by atoms with Crippen molar-refractivity contribution in [3.05, 3.63) is 72.6 Å². The average Bonchev–Trinajstić information content (AvgIpc) is 3.29. The number of piperazine rings is 1. The van der Waals surface area contributed by atoms with Crippen LogP contribution in [0.3, 0.4) is 0 Å². The maximum atomic E-state index is 12.8. The maximum Gasteiger partial charge on any atom is 0.255 e. The van der Waals surface area contributed by atoms with E-state index in [0.29, 0.717) is 5.56 Å². The van der Waals surface area contributed by atoms with Crippen LogP contribution in [0.2, 0.25) is 0 Å². The molecule has 0 bridgehead atoms. The van der Waals surface area contributed by atoms with Crippen molar-refractivity contribution in [2.75, 3.05) is 42.9 Å². The number of nitrogens with one attached hydrogen (secondary N) is 2. The van der Waals surface area contributed by atoms with E-state index in [1.807, 2.05) is 54.7 Å². The zero-order valence-corrected chi connectivity index (χ0v) is 16.1. The molecule has 1 aliphatic heterocycles. The van der Waals surface area contributed by atoms with Crippen LogP contribution >= 0.6 is 0 Å². The quantitative estimate of drug-likeness (QED) is 0.715. The van der Waals surface area contributed by atoms with Gasteiger partial charge in [-0.3, -0.25) is 4.79 Å². The van der Waals surface area contributed by atoms with E-state index < -0.39 is 0 Å². The van der Waals surface area contributed by atoms with Gasteiger partial charge in [-0.25, -0.2) is 4.68 Å². The Morgan fingerprint density at radius 2 is 1.82 bits per heavy atom. The minimum Gasteiger partial charge on any atom is -0.359 e. The molecule has 0 atom stereocenters. The third-order valence-corrected chi connectivity index (χ3v) is 5.36. The number of likely N-dealkylation sites (N-methyl/N-ethyl adjacent to an activating group) is 1. The first-order valence-corrected chi connectivity index (χ1v) is 9.83. The highest BCUT2D eigenvalue weighted by molar-refractivity contribution is 6.06. The lowest BCUT2D eigenvalue weighted by molar-refractivity contribution is -0.898. The van der Waals surface area contributed by atoms with Gasteiger partial charge in [0.05, 0.1) is 49.8 Å². The highest BCUT2D eigenvalue weighted by Crippen LogP contribution is 2.26. The Kier molecular flexibility index (Phi) is 5.39. The van der Waals surface area contributed by atoms with Gasteiger partial charge in [-0.1, -0.05) is 12.1 Å². The largest absolute Gasteiger partial charge is 0.359 e. The summed E-state index contributed by atoms with van der Waals surface area (Å²) in [6.07, 6.45) is 3.62. The summed E-state index contributed by atoms with van der Waals surface area (Å²) in [4.78, 5) is 16.8. The first kappa shape index (κ1) is 18.3. The Balaban J connectivity index is 1.48. The van der Waals surface area contributed by atoms with E-state index in [1.165, 1.54) is 6.54 Å². The topological polar surface area (TPSA) is 54.6 Å². The van der Waals surface area contributed by atoms with Crippen LogP contribution in [0, 0.1) is 0 Å². The number of nitrogens with zero attached hydrogens (tertiary/aromatic N) is 3. The predicted molar refractivity (Wildman–Crippen MR) is 111 cm³/mol. The van der Waals surface area contributed by atoms with Crippen molar-refractivity contribution < 1.29 is 9.69 Å². The van der Waals surface area contributed by atoms with Gasteiger partial charge >= 0.3 is 0 Å². The molecule has 0 spiro atoms. The summed E-state index contributed by atoms with van der Waals surface area (Å²) in [5, 5.41) is 7.31. The third-order valence-electron chi connectivity index (χ3n) is 5.36. The first-order chi connectivity index (χ1) is 13.7. The molecule has 2 aromatic carbocycles. The number of aromatic nitrogens is 2. The minimum atomic E-state index is -0.0997. The lowest BCUT2D eigenvalue weighted by atomic mass is 10.1. The molecule has 1 amide bonds. The van der Waals surface area contributed by atoms with E-state index >= 15 is 0 Å². The van der Waals surface area contributed by atoms with Crippen LogP contribution in [0.5, 0.6) is 0 Å². The van der Waals surface area contributed by atoms with Crippen molar-refractivity contribution in [1.29, 1.82) is 0 Å². The van der Waals surface area contributed by atoms with Gasteiger partial charge in [0.1, 0.15) is 0 Å². The second-order valence-corrected chi connectivity index (χ2v) is 7.06. The monoisotopic (exact) mass is 376 g/mol. The Morgan fingerprint density at radius 3 is 2.50 bits per heavy atom. The Hall–Kier alpha value is -3.12. The summed E-state index contributed by atoms with van der Waals surface area (Å²) >= 11 is 0. The van der Waals surface area contributed by atoms with Gasteiger partial charge in [-0.05, 0) is 49.4 Å². The highest BCUT2D eigenvalue weighted by atomic mass is 16.1. The van der Waals surface area contributed by atoms with Gasteiger partial charge in [0.15, 0.2) is 0 Å². The zero-order valence-electron chi connectivity index (χ0n) is 16.1. The summed E-state index contributed by atoms with van der Waals surface area (Å²) in [7, 11) is 0. The number of benzene rings is 2. The Labute approximate surface area is 165 Å².